The Balaban J connectivity index is 1.37. The van der Waals surface area contributed by atoms with Crippen LogP contribution in [-0.4, -0.2) is 38.8 Å². The highest BCUT2D eigenvalue weighted by molar-refractivity contribution is 7.13. The van der Waals surface area contributed by atoms with Gasteiger partial charge in [0.05, 0.1) is 21.6 Å². The first-order valence-corrected chi connectivity index (χ1v) is 10.8. The Morgan fingerprint density at radius 3 is 2.97 bits per heavy atom. The minimum absolute atomic E-state index is 0.0817. The van der Waals surface area contributed by atoms with Gasteiger partial charge in [0, 0.05) is 30.3 Å². The number of amides is 1. The first-order valence-electron chi connectivity index (χ1n) is 9.94. The Hall–Kier alpha value is -2.99. The fourth-order valence-electron chi connectivity index (χ4n) is 4.10. The van der Waals surface area contributed by atoms with Crippen molar-refractivity contribution in [1.82, 2.24) is 19.9 Å². The number of thiophene rings is 1. The lowest BCUT2D eigenvalue weighted by Crippen LogP contribution is -2.39. The number of hydrogen-bond acceptors (Lipinski definition) is 4. The van der Waals surface area contributed by atoms with E-state index in [0.717, 1.165) is 47.6 Å². The molecule has 1 saturated heterocycles. The minimum Gasteiger partial charge on any atom is -0.342 e. The highest BCUT2D eigenvalue weighted by atomic mass is 32.1. The molecule has 5 rings (SSSR count). The lowest BCUT2D eigenvalue weighted by molar-refractivity contribution is 0.0706. The van der Waals surface area contributed by atoms with Crippen LogP contribution in [0.1, 0.15) is 40.6 Å². The van der Waals surface area contributed by atoms with Crippen LogP contribution in [-0.2, 0) is 0 Å². The van der Waals surface area contributed by atoms with Crippen molar-refractivity contribution in [3.05, 3.63) is 71.0 Å². The second-order valence-electron chi connectivity index (χ2n) is 7.57. The summed E-state index contributed by atoms with van der Waals surface area (Å²) in [7, 11) is 0. The molecule has 3 aromatic heterocycles. The van der Waals surface area contributed by atoms with Crippen molar-refractivity contribution in [2.45, 2.75) is 25.7 Å². The van der Waals surface area contributed by atoms with E-state index in [1.165, 1.54) is 4.88 Å². The van der Waals surface area contributed by atoms with E-state index in [0.29, 0.717) is 12.1 Å². The fourth-order valence-corrected chi connectivity index (χ4v) is 4.79. The smallest absolute Gasteiger partial charge is 0.253 e. The number of rotatable bonds is 3. The van der Waals surface area contributed by atoms with E-state index in [2.05, 4.69) is 39.6 Å². The summed E-state index contributed by atoms with van der Waals surface area (Å²) in [5, 5.41) is 2.07. The molecule has 29 heavy (non-hydrogen) atoms. The molecule has 0 radical (unpaired) electrons. The van der Waals surface area contributed by atoms with E-state index in [1.807, 2.05) is 36.1 Å². The summed E-state index contributed by atoms with van der Waals surface area (Å²) in [6, 6.07) is 16.1. The number of carbonyl (C=O) groups is 1. The summed E-state index contributed by atoms with van der Waals surface area (Å²) in [6.45, 7) is 3.42. The maximum Gasteiger partial charge on any atom is 0.253 e. The summed E-state index contributed by atoms with van der Waals surface area (Å²) >= 11 is 1.70. The second-order valence-corrected chi connectivity index (χ2v) is 8.52. The van der Waals surface area contributed by atoms with Crippen LogP contribution in [0.25, 0.3) is 21.6 Å². The fraction of sp³-hybridized carbons (Fsp3) is 0.261. The van der Waals surface area contributed by atoms with Gasteiger partial charge >= 0.3 is 0 Å². The van der Waals surface area contributed by atoms with Crippen molar-refractivity contribution in [3.8, 4) is 10.6 Å². The zero-order valence-electron chi connectivity index (χ0n) is 16.3. The molecule has 0 bridgehead atoms. The van der Waals surface area contributed by atoms with E-state index in [4.69, 9.17) is 4.98 Å². The average Bonchev–Trinajstić information content (AvgIpc) is 3.42. The number of nitrogens with zero attached hydrogens (tertiary/aromatic N) is 3. The van der Waals surface area contributed by atoms with Crippen molar-refractivity contribution in [3.63, 3.8) is 0 Å². The van der Waals surface area contributed by atoms with Crippen LogP contribution in [0.4, 0.5) is 0 Å². The molecule has 4 heterocycles. The topological polar surface area (TPSA) is 61.9 Å². The molecule has 5 nitrogen and oxygen atoms in total. The maximum atomic E-state index is 13.2. The Morgan fingerprint density at radius 1 is 1.17 bits per heavy atom. The zero-order chi connectivity index (χ0) is 19.8. The monoisotopic (exact) mass is 402 g/mol. The van der Waals surface area contributed by atoms with Crippen LogP contribution >= 0.6 is 11.3 Å². The summed E-state index contributed by atoms with van der Waals surface area (Å²) in [5.41, 5.74) is 4.61. The SMILES string of the molecule is Cc1nc2ccc(C(=O)N3CCC[C@@H](c4cccc(-c5cccs5)n4)C3)cc2[nH]1. The normalized spacial score (nSPS) is 17.0. The molecule has 1 N–H and O–H groups in total. The number of fused-ring (bicyclic) bond motifs is 1. The number of nitrogens with one attached hydrogen (secondary N) is 1. The number of hydrogen-bond donors (Lipinski definition) is 1. The summed E-state index contributed by atoms with van der Waals surface area (Å²) in [6.07, 6.45) is 2.05. The van der Waals surface area contributed by atoms with E-state index in [1.54, 1.807) is 11.3 Å². The second kappa shape index (κ2) is 7.44. The molecule has 0 spiro atoms. The molecular formula is C23H22N4OS. The third-order valence-electron chi connectivity index (χ3n) is 5.52. The molecule has 6 heteroatoms. The molecule has 1 fully saturated rings. The van der Waals surface area contributed by atoms with Crippen LogP contribution in [0.15, 0.2) is 53.9 Å². The number of piperidine rings is 1. The first-order chi connectivity index (χ1) is 14.2. The van der Waals surface area contributed by atoms with Crippen LogP contribution in [0.5, 0.6) is 0 Å². The van der Waals surface area contributed by atoms with Gasteiger partial charge in [-0.15, -0.1) is 11.3 Å². The first kappa shape index (κ1) is 18.1. The molecule has 4 aromatic rings. The van der Waals surface area contributed by atoms with Gasteiger partial charge in [-0.1, -0.05) is 12.1 Å². The van der Waals surface area contributed by atoms with Crippen LogP contribution < -0.4 is 0 Å². The zero-order valence-corrected chi connectivity index (χ0v) is 17.1. The highest BCUT2D eigenvalue weighted by Crippen LogP contribution is 2.30. The maximum absolute atomic E-state index is 13.2. The van der Waals surface area contributed by atoms with Crippen LogP contribution in [0.3, 0.4) is 0 Å². The van der Waals surface area contributed by atoms with Gasteiger partial charge in [-0.05, 0) is 61.5 Å². The molecule has 0 aliphatic carbocycles. The van der Waals surface area contributed by atoms with Crippen molar-refractivity contribution < 1.29 is 4.79 Å². The number of benzene rings is 1. The Bertz CT molecular complexity index is 1160. The summed E-state index contributed by atoms with van der Waals surface area (Å²) in [4.78, 5) is 28.9. The van der Waals surface area contributed by atoms with Crippen molar-refractivity contribution in [1.29, 1.82) is 0 Å². The minimum atomic E-state index is 0.0817. The Morgan fingerprint density at radius 2 is 2.10 bits per heavy atom. The van der Waals surface area contributed by atoms with Crippen molar-refractivity contribution in [2.75, 3.05) is 13.1 Å². The third kappa shape index (κ3) is 3.56. The van der Waals surface area contributed by atoms with Crippen LogP contribution in [0.2, 0.25) is 0 Å². The van der Waals surface area contributed by atoms with E-state index in [9.17, 15) is 4.79 Å². The molecule has 1 aliphatic rings. The van der Waals surface area contributed by atoms with E-state index in [-0.39, 0.29) is 11.8 Å². The Kier molecular flexibility index (Phi) is 4.64. The quantitative estimate of drug-likeness (QED) is 0.524. The predicted octanol–water partition coefficient (Wildman–Crippen LogP) is 5.01. The van der Waals surface area contributed by atoms with E-state index >= 15 is 0 Å². The van der Waals surface area contributed by atoms with Gasteiger partial charge in [0.15, 0.2) is 0 Å². The van der Waals surface area contributed by atoms with E-state index < -0.39 is 0 Å². The highest BCUT2D eigenvalue weighted by Gasteiger charge is 2.26. The number of aryl methyl sites for hydroxylation is 1. The molecule has 0 unspecified atom stereocenters. The predicted molar refractivity (Wildman–Crippen MR) is 116 cm³/mol. The van der Waals surface area contributed by atoms with Crippen molar-refractivity contribution >= 4 is 28.3 Å². The average molecular weight is 403 g/mol. The number of pyridine rings is 1. The molecule has 146 valence electrons. The largest absolute Gasteiger partial charge is 0.342 e. The molecular weight excluding hydrogens is 380 g/mol. The number of H-pyrrole nitrogens is 1. The molecule has 0 saturated carbocycles. The lowest BCUT2D eigenvalue weighted by atomic mass is 9.93. The van der Waals surface area contributed by atoms with Gasteiger partial charge < -0.3 is 9.88 Å². The molecule has 1 atom stereocenters. The van der Waals surface area contributed by atoms with Crippen LogP contribution in [0, 0.1) is 6.92 Å². The molecule has 1 aliphatic heterocycles. The number of imidazole rings is 1. The number of aromatic nitrogens is 3. The third-order valence-corrected chi connectivity index (χ3v) is 6.41. The Labute approximate surface area is 173 Å². The lowest BCUT2D eigenvalue weighted by Gasteiger charge is -2.32. The van der Waals surface area contributed by atoms with Gasteiger partial charge in [0.2, 0.25) is 0 Å². The van der Waals surface area contributed by atoms with Gasteiger partial charge in [-0.2, -0.15) is 0 Å². The number of carbonyl (C=O) groups excluding carboxylic acids is 1. The number of aromatic amines is 1. The van der Waals surface area contributed by atoms with Gasteiger partial charge in [-0.3, -0.25) is 9.78 Å². The summed E-state index contributed by atoms with van der Waals surface area (Å²) < 4.78 is 0. The van der Waals surface area contributed by atoms with Gasteiger partial charge in [0.25, 0.3) is 5.91 Å². The molecule has 1 amide bonds. The molecule has 1 aromatic carbocycles. The van der Waals surface area contributed by atoms with Gasteiger partial charge in [-0.25, -0.2) is 4.98 Å². The summed E-state index contributed by atoms with van der Waals surface area (Å²) in [5.74, 6) is 1.21. The van der Waals surface area contributed by atoms with Gasteiger partial charge in [0.1, 0.15) is 5.82 Å². The van der Waals surface area contributed by atoms with Crippen molar-refractivity contribution in [2.24, 2.45) is 0 Å². The number of likely N-dealkylation sites (tertiary alicyclic amines) is 1. The standard InChI is InChI=1S/C23H22N4OS/c1-15-24-19-10-9-16(13-21(19)25-15)23(28)27-11-3-5-17(14-27)18-6-2-7-20(26-18)22-8-4-12-29-22/h2,4,6-10,12-13,17H,3,5,11,14H2,1H3,(H,24,25)/t17-/m1/s1.